The third kappa shape index (κ3) is 29.6. The summed E-state index contributed by atoms with van der Waals surface area (Å²) in [7, 11) is 0. The minimum absolute atomic E-state index is 0. The molecular weight excluding hydrogens is 419 g/mol. The van der Waals surface area contributed by atoms with E-state index in [9.17, 15) is 9.90 Å². The number of likely N-dealkylation sites (N-methyl/N-ethyl adjacent to an activating group) is 1. The van der Waals surface area contributed by atoms with Gasteiger partial charge in [-0.1, -0.05) is 20.8 Å². The van der Waals surface area contributed by atoms with Crippen molar-refractivity contribution in [1.82, 2.24) is 9.80 Å². The third-order valence-electron chi connectivity index (χ3n) is 2.74. The summed E-state index contributed by atoms with van der Waals surface area (Å²) in [5, 5.41) is 10.7. The Kier molecular flexibility index (Phi) is 49.4. The van der Waals surface area contributed by atoms with Crippen LogP contribution in [0.2, 0.25) is 0 Å². The molecule has 7 nitrogen and oxygen atoms in total. The number of aliphatic carboxylic acids is 1. The Labute approximate surface area is 163 Å². The minimum atomic E-state index is -0.981. The third-order valence-corrected chi connectivity index (χ3v) is 3.62. The second-order valence-electron chi connectivity index (χ2n) is 3.87. The average Bonchev–Trinajstić information content (AvgIpc) is 2.60. The van der Waals surface area contributed by atoms with Gasteiger partial charge >= 0.3 is 33.9 Å². The van der Waals surface area contributed by atoms with Crippen molar-refractivity contribution < 1.29 is 44.0 Å². The normalized spacial score (nSPS) is 8.29. The Bertz CT molecular complexity index is 296. The molecule has 0 aromatic carbocycles. The molecule has 0 aliphatic carbocycles. The first-order valence-corrected chi connectivity index (χ1v) is 8.12. The van der Waals surface area contributed by atoms with E-state index < -0.39 is 5.97 Å². The number of rotatable bonds is 11. The summed E-state index contributed by atoms with van der Waals surface area (Å²) in [6, 6.07) is 0. The second kappa shape index (κ2) is 34.0. The molecule has 0 N–H and O–H groups in total. The van der Waals surface area contributed by atoms with Gasteiger partial charge in [0.15, 0.2) is 0 Å². The molecule has 1 radical (unpaired) electrons. The van der Waals surface area contributed by atoms with Gasteiger partial charge in [0.2, 0.25) is 0 Å². The van der Waals surface area contributed by atoms with Gasteiger partial charge in [-0.05, 0) is 18.8 Å². The fraction of sp³-hybridized carbons (Fsp3) is 0.733. The zero-order chi connectivity index (χ0) is 19.1. The zero-order valence-corrected chi connectivity index (χ0v) is 17.1. The Morgan fingerprint density at radius 2 is 1.33 bits per heavy atom. The first-order chi connectivity index (χ1) is 11.1. The summed E-state index contributed by atoms with van der Waals surface area (Å²) < 4.78 is 22.5. The number of hydrogen-bond acceptors (Lipinski definition) is 5. The maximum absolute atomic E-state index is 10.7. The van der Waals surface area contributed by atoms with E-state index in [0.717, 1.165) is 44.2 Å². The molecule has 0 aliphatic heterocycles. The van der Waals surface area contributed by atoms with Crippen LogP contribution in [0.3, 0.4) is 0 Å². The Balaban J connectivity index is -0.000000153. The molecule has 0 rings (SSSR count). The quantitative estimate of drug-likeness (QED) is 0.254. The van der Waals surface area contributed by atoms with Crippen LogP contribution in [0.4, 0.5) is 0 Å². The summed E-state index contributed by atoms with van der Waals surface area (Å²) in [5.41, 5.74) is 0. The van der Waals surface area contributed by atoms with E-state index in [1.165, 1.54) is 0 Å². The van der Waals surface area contributed by atoms with E-state index in [2.05, 4.69) is 45.6 Å². The molecule has 9 heteroatoms. The van der Waals surface area contributed by atoms with Crippen molar-refractivity contribution in [2.24, 2.45) is 0 Å². The van der Waals surface area contributed by atoms with Gasteiger partial charge in [0, 0.05) is 52.0 Å². The van der Waals surface area contributed by atoms with Crippen molar-refractivity contribution >= 4 is 17.7 Å². The molecule has 24 heavy (non-hydrogen) atoms. The SMILES string of the molecule is CCSCCN(CCN(CC)CC)CC(=O)[O-].[99Tc].[C-]#[O+].[C-]#[O+].[C-]#[O+]. The van der Waals surface area contributed by atoms with Crippen molar-refractivity contribution in [3.8, 4) is 0 Å². The second-order valence-corrected chi connectivity index (χ2v) is 5.27. The summed E-state index contributed by atoms with van der Waals surface area (Å²) in [4.78, 5) is 14.9. The number of nitrogens with zero attached hydrogens (tertiary/aromatic N) is 2. The van der Waals surface area contributed by atoms with Crippen LogP contribution in [0.25, 0.3) is 0 Å². The molecule has 0 amide bonds. The predicted molar refractivity (Wildman–Crippen MR) is 84.0 cm³/mol. The molecule has 0 aromatic rings. The number of carbonyl (C=O) groups is 1. The van der Waals surface area contributed by atoms with Crippen LogP contribution in [-0.4, -0.2) is 66.5 Å². The number of carboxylic acid groups (broad SMARTS) is 1. The molecule has 0 spiro atoms. The van der Waals surface area contributed by atoms with Crippen LogP contribution in [0, 0.1) is 20.0 Å². The number of carboxylic acids is 1. The molecule has 0 heterocycles. The van der Waals surface area contributed by atoms with E-state index in [1.54, 1.807) is 0 Å². The van der Waals surface area contributed by atoms with Crippen molar-refractivity contribution in [2.45, 2.75) is 20.8 Å². The predicted octanol–water partition coefficient (Wildman–Crippen LogP) is 0.0182. The molecule has 0 unspecified atom stereocenters. The maximum atomic E-state index is 10.7. The number of carbonyl (C=O) groups excluding carboxylic acids is 1. The van der Waals surface area contributed by atoms with Gasteiger partial charge in [-0.25, -0.2) is 0 Å². The summed E-state index contributed by atoms with van der Waals surface area (Å²) in [6.45, 7) is 24.5. The Morgan fingerprint density at radius 3 is 1.67 bits per heavy atom. The average molecular weight is 444 g/mol. The van der Waals surface area contributed by atoms with Gasteiger partial charge in [-0.3, -0.25) is 4.90 Å². The molecular formula is C15H25N2O5STc-. The van der Waals surface area contributed by atoms with Crippen molar-refractivity contribution in [2.75, 3.05) is 50.8 Å². The van der Waals surface area contributed by atoms with Crippen molar-refractivity contribution in [1.29, 1.82) is 0 Å². The van der Waals surface area contributed by atoms with E-state index in [4.69, 9.17) is 14.0 Å². The Hall–Kier alpha value is -0.391. The molecule has 139 valence electrons. The van der Waals surface area contributed by atoms with Crippen LogP contribution < -0.4 is 5.11 Å². The molecule has 0 aromatic heterocycles. The number of thioether (sulfide) groups is 1. The van der Waals surface area contributed by atoms with Crippen LogP contribution >= 0.6 is 11.8 Å². The fourth-order valence-corrected chi connectivity index (χ4v) is 2.29. The molecule has 0 saturated carbocycles. The van der Waals surface area contributed by atoms with Crippen LogP contribution in [-0.2, 0) is 38.9 Å². The van der Waals surface area contributed by atoms with E-state index >= 15 is 0 Å². The summed E-state index contributed by atoms with van der Waals surface area (Å²) >= 11 is 1.84. The van der Waals surface area contributed by atoms with Gasteiger partial charge in [-0.15, -0.1) is 0 Å². The van der Waals surface area contributed by atoms with E-state index in [-0.39, 0.29) is 26.7 Å². The van der Waals surface area contributed by atoms with Crippen molar-refractivity contribution in [3.63, 3.8) is 0 Å². The molecule has 0 saturated heterocycles. The van der Waals surface area contributed by atoms with Crippen molar-refractivity contribution in [3.05, 3.63) is 20.0 Å². The van der Waals surface area contributed by atoms with Gasteiger partial charge in [0.25, 0.3) is 0 Å². The van der Waals surface area contributed by atoms with Crippen LogP contribution in [0.15, 0.2) is 0 Å². The first-order valence-electron chi connectivity index (χ1n) is 6.97. The standard InChI is InChI=1S/C12H26N2O2S.3CO.Tc/c1-4-13(5-2)7-8-14(11-12(15)16)9-10-17-6-3;3*1-2;/h4-11H2,1-3H3,(H,15,16);;;;/p-1/i;;;;1+1. The molecule has 0 aliphatic rings. The van der Waals surface area contributed by atoms with Gasteiger partial charge in [-0.2, -0.15) is 11.8 Å². The van der Waals surface area contributed by atoms with Crippen LogP contribution in [0.5, 0.6) is 0 Å². The zero-order valence-electron chi connectivity index (χ0n) is 14.4. The summed E-state index contributed by atoms with van der Waals surface area (Å²) in [6.07, 6.45) is 0. The van der Waals surface area contributed by atoms with E-state index in [0.29, 0.717) is 0 Å². The van der Waals surface area contributed by atoms with Gasteiger partial charge in [0.1, 0.15) is 0 Å². The van der Waals surface area contributed by atoms with Gasteiger partial charge in [0.05, 0.1) is 5.97 Å². The molecule has 0 bridgehead atoms. The summed E-state index contributed by atoms with van der Waals surface area (Å²) in [5.74, 6) is 1.09. The molecule has 0 atom stereocenters. The monoisotopic (exact) mass is 444 g/mol. The number of hydrogen-bond donors (Lipinski definition) is 0. The van der Waals surface area contributed by atoms with Crippen LogP contribution in [0.1, 0.15) is 20.8 Å². The Morgan fingerprint density at radius 1 is 0.917 bits per heavy atom. The topological polar surface area (TPSA) is 106 Å². The van der Waals surface area contributed by atoms with E-state index in [1.807, 2.05) is 16.7 Å². The fourth-order valence-electron chi connectivity index (χ4n) is 1.61. The molecule has 0 fully saturated rings. The first kappa shape index (κ1) is 34.8. The van der Waals surface area contributed by atoms with Gasteiger partial charge < -0.3 is 14.8 Å².